The molecular formula is C18H34IN7O2S. The monoisotopic (exact) mass is 539 g/mol. The molecule has 9 nitrogen and oxygen atoms in total. The molecule has 0 spiro atoms. The number of hydrogen-bond donors (Lipinski definition) is 2. The molecule has 1 aromatic heterocycles. The molecule has 166 valence electrons. The SMILES string of the molecule is CN=C(NCCCN1CCN(c2ncccn2)CC1)NC(C)CCS(C)(=O)=O.I. The van der Waals surface area contributed by atoms with Crippen LogP contribution in [0.2, 0.25) is 0 Å². The summed E-state index contributed by atoms with van der Waals surface area (Å²) in [6.07, 6.45) is 6.40. The number of nitrogens with zero attached hydrogens (tertiary/aromatic N) is 5. The number of nitrogens with one attached hydrogen (secondary N) is 2. The molecule has 11 heteroatoms. The Balaban J connectivity index is 0.00000420. The smallest absolute Gasteiger partial charge is 0.225 e. The maximum absolute atomic E-state index is 11.3. The van der Waals surface area contributed by atoms with Crippen molar-refractivity contribution in [2.24, 2.45) is 4.99 Å². The van der Waals surface area contributed by atoms with Crippen LogP contribution in [-0.4, -0.2) is 93.6 Å². The van der Waals surface area contributed by atoms with Crippen LogP contribution in [0.15, 0.2) is 23.5 Å². The first-order valence-corrected chi connectivity index (χ1v) is 11.8. The van der Waals surface area contributed by atoms with Crippen LogP contribution in [0.4, 0.5) is 5.95 Å². The van der Waals surface area contributed by atoms with E-state index in [0.29, 0.717) is 12.4 Å². The van der Waals surface area contributed by atoms with E-state index in [9.17, 15) is 8.42 Å². The highest BCUT2D eigenvalue weighted by molar-refractivity contribution is 14.0. The average molecular weight is 539 g/mol. The zero-order chi connectivity index (χ0) is 20.4. The van der Waals surface area contributed by atoms with E-state index >= 15 is 0 Å². The largest absolute Gasteiger partial charge is 0.356 e. The number of guanidine groups is 1. The normalized spacial score (nSPS) is 16.8. The van der Waals surface area contributed by atoms with E-state index in [1.54, 1.807) is 19.4 Å². The molecule has 2 heterocycles. The van der Waals surface area contributed by atoms with Gasteiger partial charge in [0.1, 0.15) is 9.84 Å². The van der Waals surface area contributed by atoms with E-state index in [1.165, 1.54) is 6.26 Å². The second-order valence-electron chi connectivity index (χ2n) is 7.19. The van der Waals surface area contributed by atoms with E-state index < -0.39 is 9.84 Å². The molecule has 0 saturated carbocycles. The number of rotatable bonds is 9. The Morgan fingerprint density at radius 1 is 1.24 bits per heavy atom. The zero-order valence-corrected chi connectivity index (χ0v) is 20.7. The van der Waals surface area contributed by atoms with Crippen LogP contribution >= 0.6 is 24.0 Å². The molecular weight excluding hydrogens is 505 g/mol. The van der Waals surface area contributed by atoms with Crippen molar-refractivity contribution in [3.8, 4) is 0 Å². The fourth-order valence-electron chi connectivity index (χ4n) is 3.03. The first-order valence-electron chi connectivity index (χ1n) is 9.76. The summed E-state index contributed by atoms with van der Waals surface area (Å²) in [6, 6.07) is 1.89. The van der Waals surface area contributed by atoms with E-state index in [-0.39, 0.29) is 35.8 Å². The van der Waals surface area contributed by atoms with Gasteiger partial charge in [0.15, 0.2) is 5.96 Å². The van der Waals surface area contributed by atoms with Crippen molar-refractivity contribution in [1.29, 1.82) is 0 Å². The van der Waals surface area contributed by atoms with Crippen molar-refractivity contribution in [3.05, 3.63) is 18.5 Å². The predicted molar refractivity (Wildman–Crippen MR) is 129 cm³/mol. The molecule has 1 aliphatic rings. The molecule has 1 unspecified atom stereocenters. The summed E-state index contributed by atoms with van der Waals surface area (Å²) in [7, 11) is -1.21. The zero-order valence-electron chi connectivity index (χ0n) is 17.5. The Hall–Kier alpha value is -1.21. The first kappa shape index (κ1) is 25.8. The highest BCUT2D eigenvalue weighted by Gasteiger charge is 2.18. The quantitative estimate of drug-likeness (QED) is 0.204. The van der Waals surface area contributed by atoms with Gasteiger partial charge in [0.2, 0.25) is 5.95 Å². The lowest BCUT2D eigenvalue weighted by molar-refractivity contribution is 0.254. The molecule has 1 saturated heterocycles. The summed E-state index contributed by atoms with van der Waals surface area (Å²) in [5, 5.41) is 6.55. The lowest BCUT2D eigenvalue weighted by Crippen LogP contribution is -2.48. The Morgan fingerprint density at radius 3 is 2.48 bits per heavy atom. The van der Waals surface area contributed by atoms with Gasteiger partial charge in [0.25, 0.3) is 0 Å². The lowest BCUT2D eigenvalue weighted by Gasteiger charge is -2.34. The van der Waals surface area contributed by atoms with Crippen LogP contribution in [0.3, 0.4) is 0 Å². The van der Waals surface area contributed by atoms with Crippen molar-refractivity contribution >= 4 is 45.7 Å². The molecule has 2 N–H and O–H groups in total. The molecule has 0 radical (unpaired) electrons. The molecule has 0 aliphatic carbocycles. The standard InChI is InChI=1S/C18H33N7O2S.HI/c1-16(6-15-28(3,26)27)23-17(19-2)20-9-5-10-24-11-13-25(14-12-24)18-21-7-4-8-22-18;/h4,7-8,16H,5-6,9-15H2,1-3H3,(H2,19,20,23);1H. The van der Waals surface area contributed by atoms with Crippen molar-refractivity contribution in [1.82, 2.24) is 25.5 Å². The van der Waals surface area contributed by atoms with Crippen molar-refractivity contribution < 1.29 is 8.42 Å². The molecule has 1 fully saturated rings. The Morgan fingerprint density at radius 2 is 1.90 bits per heavy atom. The number of aromatic nitrogens is 2. The Bertz CT molecular complexity index is 710. The first-order chi connectivity index (χ1) is 13.4. The number of halogens is 1. The van der Waals surface area contributed by atoms with Gasteiger partial charge < -0.3 is 15.5 Å². The van der Waals surface area contributed by atoms with Gasteiger partial charge in [-0.05, 0) is 32.4 Å². The van der Waals surface area contributed by atoms with Crippen LogP contribution in [-0.2, 0) is 9.84 Å². The summed E-state index contributed by atoms with van der Waals surface area (Å²) in [5.74, 6) is 1.70. The Labute approximate surface area is 191 Å². The third-order valence-corrected chi connectivity index (χ3v) is 5.66. The molecule has 0 aromatic carbocycles. The molecule has 29 heavy (non-hydrogen) atoms. The molecule has 0 amide bonds. The Kier molecular flexibility index (Phi) is 11.7. The van der Waals surface area contributed by atoms with Crippen molar-refractivity contribution in [2.45, 2.75) is 25.8 Å². The highest BCUT2D eigenvalue weighted by Crippen LogP contribution is 2.09. The van der Waals surface area contributed by atoms with Gasteiger partial charge >= 0.3 is 0 Å². The molecule has 1 aromatic rings. The van der Waals surface area contributed by atoms with E-state index in [1.807, 2.05) is 13.0 Å². The maximum Gasteiger partial charge on any atom is 0.225 e. The summed E-state index contributed by atoms with van der Waals surface area (Å²) >= 11 is 0. The number of hydrogen-bond acceptors (Lipinski definition) is 7. The summed E-state index contributed by atoms with van der Waals surface area (Å²) < 4.78 is 22.5. The van der Waals surface area contributed by atoms with Crippen LogP contribution in [0.25, 0.3) is 0 Å². The summed E-state index contributed by atoms with van der Waals surface area (Å²) in [4.78, 5) is 17.5. The third-order valence-electron chi connectivity index (χ3n) is 4.68. The topological polar surface area (TPSA) is 103 Å². The minimum absolute atomic E-state index is 0. The lowest BCUT2D eigenvalue weighted by atomic mass is 10.2. The number of piperazine rings is 1. The van der Waals surface area contributed by atoms with Gasteiger partial charge in [0.05, 0.1) is 5.75 Å². The summed E-state index contributed by atoms with van der Waals surface area (Å²) in [5.41, 5.74) is 0. The average Bonchev–Trinajstić information content (AvgIpc) is 2.69. The van der Waals surface area contributed by atoms with Crippen LogP contribution in [0, 0.1) is 0 Å². The van der Waals surface area contributed by atoms with Gasteiger partial charge in [-0.2, -0.15) is 0 Å². The van der Waals surface area contributed by atoms with Gasteiger partial charge in [0, 0.05) is 64.5 Å². The third kappa shape index (κ3) is 10.4. The minimum atomic E-state index is -2.93. The fourth-order valence-corrected chi connectivity index (χ4v) is 3.81. The maximum atomic E-state index is 11.3. The van der Waals surface area contributed by atoms with Crippen LogP contribution in [0.1, 0.15) is 19.8 Å². The minimum Gasteiger partial charge on any atom is -0.356 e. The molecule has 1 aliphatic heterocycles. The van der Waals surface area contributed by atoms with Gasteiger partial charge in [-0.25, -0.2) is 18.4 Å². The fraction of sp³-hybridized carbons (Fsp3) is 0.722. The second-order valence-corrected chi connectivity index (χ2v) is 9.45. The highest BCUT2D eigenvalue weighted by atomic mass is 127. The van der Waals surface area contributed by atoms with E-state index in [4.69, 9.17) is 0 Å². The van der Waals surface area contributed by atoms with Gasteiger partial charge in [-0.1, -0.05) is 0 Å². The molecule has 2 rings (SSSR count). The van der Waals surface area contributed by atoms with Crippen LogP contribution < -0.4 is 15.5 Å². The van der Waals surface area contributed by atoms with Crippen molar-refractivity contribution in [3.63, 3.8) is 0 Å². The molecule has 1 atom stereocenters. The molecule has 0 bridgehead atoms. The van der Waals surface area contributed by atoms with E-state index in [2.05, 4.69) is 35.4 Å². The van der Waals surface area contributed by atoms with Gasteiger partial charge in [-0.3, -0.25) is 9.89 Å². The van der Waals surface area contributed by atoms with E-state index in [0.717, 1.165) is 51.6 Å². The number of aliphatic imine (C=N–C) groups is 1. The number of anilines is 1. The number of sulfone groups is 1. The predicted octanol–water partition coefficient (Wildman–Crippen LogP) is 0.595. The van der Waals surface area contributed by atoms with Crippen LogP contribution in [0.5, 0.6) is 0 Å². The van der Waals surface area contributed by atoms with Crippen molar-refractivity contribution in [2.75, 3.05) is 63.2 Å². The summed E-state index contributed by atoms with van der Waals surface area (Å²) in [6.45, 7) is 7.71. The second kappa shape index (κ2) is 13.2. The van der Waals surface area contributed by atoms with Gasteiger partial charge in [-0.15, -0.1) is 24.0 Å².